The molecule has 2 rings (SSSR count). The average molecular weight is 278 g/mol. The molecule has 5 nitrogen and oxygen atoms in total. The van der Waals surface area contributed by atoms with Crippen molar-refractivity contribution in [3.05, 3.63) is 22.5 Å². The number of aromatic amines is 1. The van der Waals surface area contributed by atoms with Crippen molar-refractivity contribution in [3.63, 3.8) is 0 Å². The Morgan fingerprint density at radius 1 is 1.20 bits per heavy atom. The van der Waals surface area contributed by atoms with Gasteiger partial charge in [0.05, 0.1) is 12.7 Å². The molecule has 0 aromatic carbocycles. The van der Waals surface area contributed by atoms with Crippen LogP contribution in [0.2, 0.25) is 0 Å². The van der Waals surface area contributed by atoms with E-state index in [0.717, 1.165) is 12.8 Å². The van der Waals surface area contributed by atoms with Crippen LogP contribution in [0, 0.1) is 13.8 Å². The summed E-state index contributed by atoms with van der Waals surface area (Å²) in [6.45, 7) is 3.54. The molecule has 5 heteroatoms. The van der Waals surface area contributed by atoms with E-state index in [1.165, 1.54) is 26.4 Å². The first-order valence-corrected chi connectivity index (χ1v) is 7.13. The lowest BCUT2D eigenvalue weighted by Gasteiger charge is -2.22. The van der Waals surface area contributed by atoms with Gasteiger partial charge in [-0.05, 0) is 32.3 Å². The third-order valence-corrected chi connectivity index (χ3v) is 3.99. The zero-order chi connectivity index (χ0) is 14.7. The predicted octanol–water partition coefficient (Wildman–Crippen LogP) is 2.48. The van der Waals surface area contributed by atoms with Crippen LogP contribution in [0.3, 0.4) is 0 Å². The van der Waals surface area contributed by atoms with E-state index in [9.17, 15) is 9.59 Å². The van der Waals surface area contributed by atoms with E-state index in [1.807, 2.05) is 0 Å². The van der Waals surface area contributed by atoms with Crippen molar-refractivity contribution in [2.75, 3.05) is 7.11 Å². The number of methoxy groups -OCH3 is 1. The van der Waals surface area contributed by atoms with E-state index >= 15 is 0 Å². The van der Waals surface area contributed by atoms with Gasteiger partial charge >= 0.3 is 5.97 Å². The average Bonchev–Trinajstić information content (AvgIpc) is 2.74. The lowest BCUT2D eigenvalue weighted by Crippen LogP contribution is -2.36. The van der Waals surface area contributed by atoms with E-state index in [2.05, 4.69) is 10.3 Å². The number of carbonyl (C=O) groups excluding carboxylic acids is 2. The molecule has 1 fully saturated rings. The Hall–Kier alpha value is -1.78. The second-order valence-electron chi connectivity index (χ2n) is 5.42. The number of carbonyl (C=O) groups is 2. The van der Waals surface area contributed by atoms with Gasteiger partial charge in [-0.3, -0.25) is 4.79 Å². The summed E-state index contributed by atoms with van der Waals surface area (Å²) in [5, 5.41) is 3.05. The van der Waals surface area contributed by atoms with Gasteiger partial charge < -0.3 is 15.0 Å². The summed E-state index contributed by atoms with van der Waals surface area (Å²) in [5.41, 5.74) is 2.25. The lowest BCUT2D eigenvalue weighted by atomic mass is 9.95. The van der Waals surface area contributed by atoms with Gasteiger partial charge in [0.15, 0.2) is 0 Å². The van der Waals surface area contributed by atoms with Crippen molar-refractivity contribution >= 4 is 11.9 Å². The Morgan fingerprint density at radius 3 is 2.45 bits per heavy atom. The van der Waals surface area contributed by atoms with Crippen molar-refractivity contribution in [3.8, 4) is 0 Å². The summed E-state index contributed by atoms with van der Waals surface area (Å²) < 4.78 is 4.75. The van der Waals surface area contributed by atoms with Gasteiger partial charge in [0.25, 0.3) is 5.91 Å². The number of H-pyrrole nitrogens is 1. The highest BCUT2D eigenvalue weighted by atomic mass is 16.5. The first-order valence-electron chi connectivity index (χ1n) is 7.13. The van der Waals surface area contributed by atoms with Gasteiger partial charge in [0, 0.05) is 11.7 Å². The molecule has 110 valence electrons. The summed E-state index contributed by atoms with van der Waals surface area (Å²) in [7, 11) is 1.34. The number of nitrogens with one attached hydrogen (secondary N) is 2. The fraction of sp³-hybridized carbons (Fsp3) is 0.600. The van der Waals surface area contributed by atoms with E-state index < -0.39 is 5.97 Å². The first-order chi connectivity index (χ1) is 9.54. The highest BCUT2D eigenvalue weighted by Gasteiger charge is 2.24. The molecular formula is C15H22N2O3. The number of rotatable bonds is 3. The monoisotopic (exact) mass is 278 g/mol. The number of aromatic nitrogens is 1. The van der Waals surface area contributed by atoms with Crippen molar-refractivity contribution in [2.24, 2.45) is 0 Å². The predicted molar refractivity (Wildman–Crippen MR) is 75.9 cm³/mol. The van der Waals surface area contributed by atoms with Crippen molar-refractivity contribution in [1.82, 2.24) is 10.3 Å². The SMILES string of the molecule is COC(=O)c1c(C)[nH]c(C(=O)NC2CCCCC2)c1C. The van der Waals surface area contributed by atoms with Crippen LogP contribution in [0.4, 0.5) is 0 Å². The van der Waals surface area contributed by atoms with Gasteiger partial charge in [0.1, 0.15) is 5.69 Å². The minimum Gasteiger partial charge on any atom is -0.465 e. The first kappa shape index (κ1) is 14.6. The topological polar surface area (TPSA) is 71.2 Å². The van der Waals surface area contributed by atoms with Crippen LogP contribution in [-0.2, 0) is 4.74 Å². The maximum Gasteiger partial charge on any atom is 0.339 e. The highest BCUT2D eigenvalue weighted by molar-refractivity contribution is 6.00. The Morgan fingerprint density at radius 2 is 1.85 bits per heavy atom. The number of aryl methyl sites for hydroxylation is 1. The van der Waals surface area contributed by atoms with Crippen LogP contribution >= 0.6 is 0 Å². The van der Waals surface area contributed by atoms with E-state index in [-0.39, 0.29) is 11.9 Å². The number of amides is 1. The van der Waals surface area contributed by atoms with Crippen LogP contribution in [0.15, 0.2) is 0 Å². The molecule has 1 aromatic rings. The fourth-order valence-corrected chi connectivity index (χ4v) is 2.89. The summed E-state index contributed by atoms with van der Waals surface area (Å²) in [6, 6.07) is 0.251. The minimum absolute atomic E-state index is 0.132. The van der Waals surface area contributed by atoms with Crippen LogP contribution in [0.5, 0.6) is 0 Å². The van der Waals surface area contributed by atoms with Gasteiger partial charge in [-0.15, -0.1) is 0 Å². The number of ether oxygens (including phenoxy) is 1. The molecule has 0 spiro atoms. The van der Waals surface area contributed by atoms with Crippen LogP contribution < -0.4 is 5.32 Å². The number of esters is 1. The number of hydrogen-bond acceptors (Lipinski definition) is 3. The largest absolute Gasteiger partial charge is 0.465 e. The second-order valence-corrected chi connectivity index (χ2v) is 5.42. The molecule has 1 aliphatic rings. The molecule has 2 N–H and O–H groups in total. The highest BCUT2D eigenvalue weighted by Crippen LogP contribution is 2.21. The molecule has 0 atom stereocenters. The molecule has 0 bridgehead atoms. The molecule has 0 saturated heterocycles. The molecule has 1 aliphatic carbocycles. The molecular weight excluding hydrogens is 256 g/mol. The molecule has 0 unspecified atom stereocenters. The summed E-state index contributed by atoms with van der Waals surface area (Å²) >= 11 is 0. The van der Waals surface area contributed by atoms with Crippen LogP contribution in [0.25, 0.3) is 0 Å². The van der Waals surface area contributed by atoms with Gasteiger partial charge in [0.2, 0.25) is 0 Å². The van der Waals surface area contributed by atoms with Gasteiger partial charge in [-0.2, -0.15) is 0 Å². The minimum atomic E-state index is -0.409. The Kier molecular flexibility index (Phi) is 4.47. The zero-order valence-electron chi connectivity index (χ0n) is 12.3. The van der Waals surface area contributed by atoms with Crippen LogP contribution in [-0.4, -0.2) is 30.0 Å². The molecule has 20 heavy (non-hydrogen) atoms. The van der Waals surface area contributed by atoms with Crippen LogP contribution in [0.1, 0.15) is 64.2 Å². The Bertz CT molecular complexity index is 513. The number of hydrogen-bond donors (Lipinski definition) is 2. The summed E-state index contributed by atoms with van der Waals surface area (Å²) in [5.74, 6) is -0.541. The van der Waals surface area contributed by atoms with E-state index in [0.29, 0.717) is 22.5 Å². The maximum absolute atomic E-state index is 12.3. The molecule has 1 aromatic heterocycles. The quantitative estimate of drug-likeness (QED) is 0.834. The van der Waals surface area contributed by atoms with Crippen molar-refractivity contribution in [2.45, 2.75) is 52.0 Å². The normalized spacial score (nSPS) is 15.9. The fourth-order valence-electron chi connectivity index (χ4n) is 2.89. The molecule has 0 radical (unpaired) electrons. The third kappa shape index (κ3) is 2.86. The summed E-state index contributed by atoms with van der Waals surface area (Å²) in [6.07, 6.45) is 5.66. The zero-order valence-corrected chi connectivity index (χ0v) is 12.3. The summed E-state index contributed by atoms with van der Waals surface area (Å²) in [4.78, 5) is 27.0. The molecule has 1 heterocycles. The maximum atomic E-state index is 12.3. The second kappa shape index (κ2) is 6.11. The van der Waals surface area contributed by atoms with Crippen molar-refractivity contribution in [1.29, 1.82) is 0 Å². The molecule has 1 amide bonds. The standard InChI is InChI=1S/C15H22N2O3/c1-9-12(15(19)20-3)10(2)16-13(9)14(18)17-11-7-5-4-6-8-11/h11,16H,4-8H2,1-3H3,(H,17,18). The Balaban J connectivity index is 2.15. The van der Waals surface area contributed by atoms with E-state index in [1.54, 1.807) is 13.8 Å². The lowest BCUT2D eigenvalue weighted by molar-refractivity contribution is 0.0599. The third-order valence-electron chi connectivity index (χ3n) is 3.99. The van der Waals surface area contributed by atoms with E-state index in [4.69, 9.17) is 4.74 Å². The van der Waals surface area contributed by atoms with Gasteiger partial charge in [-0.1, -0.05) is 19.3 Å². The Labute approximate surface area is 119 Å². The molecule has 1 saturated carbocycles. The van der Waals surface area contributed by atoms with Gasteiger partial charge in [-0.25, -0.2) is 4.79 Å². The molecule has 0 aliphatic heterocycles. The van der Waals surface area contributed by atoms with Crippen molar-refractivity contribution < 1.29 is 14.3 Å². The smallest absolute Gasteiger partial charge is 0.339 e.